The van der Waals surface area contributed by atoms with Gasteiger partial charge in [-0.1, -0.05) is 0 Å². The van der Waals surface area contributed by atoms with Crippen molar-refractivity contribution in [2.75, 3.05) is 40.0 Å². The van der Waals surface area contributed by atoms with Crippen LogP contribution in [0.3, 0.4) is 0 Å². The summed E-state index contributed by atoms with van der Waals surface area (Å²) in [4.78, 5) is 33.6. The molecule has 138 valence electrons. The van der Waals surface area contributed by atoms with E-state index in [1.807, 2.05) is 12.1 Å². The monoisotopic (exact) mass is 376 g/mol. The Labute approximate surface area is 155 Å². The first kappa shape index (κ1) is 18.4. The number of hydrogen-bond donors (Lipinski definition) is 0. The Kier molecular flexibility index (Phi) is 6.26. The molecule has 0 atom stereocenters. The standard InChI is InChI=1S/C17H20N4O4S/c1-24-8-9-25-11-15(22)20-6-3-7-21(20)17(23)14-12-26-16(19-14)13-4-2-5-18-10-13/h2,4-5,10,12H,3,6-9,11H2,1H3. The Hall–Kier alpha value is -2.36. The molecule has 0 aromatic carbocycles. The molecule has 0 spiro atoms. The Balaban J connectivity index is 1.65. The van der Waals surface area contributed by atoms with Gasteiger partial charge in [-0.15, -0.1) is 11.3 Å². The van der Waals surface area contributed by atoms with Crippen LogP contribution in [0.2, 0.25) is 0 Å². The van der Waals surface area contributed by atoms with Crippen molar-refractivity contribution in [3.8, 4) is 10.6 Å². The van der Waals surface area contributed by atoms with Crippen LogP contribution in [0.25, 0.3) is 10.6 Å². The lowest BCUT2D eigenvalue weighted by molar-refractivity contribution is -0.146. The van der Waals surface area contributed by atoms with Crippen LogP contribution < -0.4 is 0 Å². The van der Waals surface area contributed by atoms with Crippen molar-refractivity contribution in [2.24, 2.45) is 0 Å². The van der Waals surface area contributed by atoms with E-state index in [2.05, 4.69) is 9.97 Å². The molecule has 8 nitrogen and oxygen atoms in total. The summed E-state index contributed by atoms with van der Waals surface area (Å²) in [6.45, 7) is 1.67. The van der Waals surface area contributed by atoms with Crippen LogP contribution in [-0.4, -0.2) is 71.8 Å². The fourth-order valence-corrected chi connectivity index (χ4v) is 3.37. The van der Waals surface area contributed by atoms with Crippen LogP contribution in [0.4, 0.5) is 0 Å². The van der Waals surface area contributed by atoms with E-state index in [0.29, 0.717) is 32.0 Å². The normalized spacial score (nSPS) is 14.0. The lowest BCUT2D eigenvalue weighted by atomic mass is 10.3. The highest BCUT2D eigenvalue weighted by Gasteiger charge is 2.32. The summed E-state index contributed by atoms with van der Waals surface area (Å²) in [5.74, 6) is -0.520. The highest BCUT2D eigenvalue weighted by Crippen LogP contribution is 2.24. The van der Waals surface area contributed by atoms with E-state index >= 15 is 0 Å². The van der Waals surface area contributed by atoms with E-state index in [1.165, 1.54) is 21.4 Å². The highest BCUT2D eigenvalue weighted by molar-refractivity contribution is 7.13. The lowest BCUT2D eigenvalue weighted by Crippen LogP contribution is -2.46. The summed E-state index contributed by atoms with van der Waals surface area (Å²) in [5, 5.41) is 5.32. The smallest absolute Gasteiger partial charge is 0.291 e. The van der Waals surface area contributed by atoms with Crippen LogP contribution >= 0.6 is 11.3 Å². The van der Waals surface area contributed by atoms with Gasteiger partial charge in [-0.25, -0.2) is 15.0 Å². The molecule has 0 N–H and O–H groups in total. The van der Waals surface area contributed by atoms with Gasteiger partial charge in [0.15, 0.2) is 0 Å². The predicted octanol–water partition coefficient (Wildman–Crippen LogP) is 1.46. The van der Waals surface area contributed by atoms with Crippen LogP contribution in [0.15, 0.2) is 29.9 Å². The Bertz CT molecular complexity index is 752. The maximum atomic E-state index is 12.8. The average Bonchev–Trinajstić information content (AvgIpc) is 3.35. The van der Waals surface area contributed by atoms with Crippen molar-refractivity contribution in [1.29, 1.82) is 0 Å². The van der Waals surface area contributed by atoms with Gasteiger partial charge in [-0.05, 0) is 18.6 Å². The summed E-state index contributed by atoms with van der Waals surface area (Å²) < 4.78 is 10.1. The first-order valence-corrected chi connectivity index (χ1v) is 9.13. The molecular formula is C17H20N4O4S. The third-order valence-corrected chi connectivity index (χ3v) is 4.73. The number of hydrazine groups is 1. The van der Waals surface area contributed by atoms with E-state index in [-0.39, 0.29) is 18.4 Å². The van der Waals surface area contributed by atoms with Gasteiger partial charge in [-0.2, -0.15) is 0 Å². The van der Waals surface area contributed by atoms with Crippen LogP contribution in [0, 0.1) is 0 Å². The topological polar surface area (TPSA) is 84.9 Å². The molecule has 0 unspecified atom stereocenters. The minimum Gasteiger partial charge on any atom is -0.382 e. The number of rotatable bonds is 7. The first-order chi connectivity index (χ1) is 12.7. The molecule has 2 aromatic rings. The quantitative estimate of drug-likeness (QED) is 0.680. The fraction of sp³-hybridized carbons (Fsp3) is 0.412. The Morgan fingerprint density at radius 2 is 2.12 bits per heavy atom. The molecule has 0 saturated carbocycles. The molecule has 1 aliphatic rings. The molecule has 0 bridgehead atoms. The molecule has 2 aromatic heterocycles. The van der Waals surface area contributed by atoms with Gasteiger partial charge in [-0.3, -0.25) is 14.6 Å². The second-order valence-electron chi connectivity index (χ2n) is 5.62. The number of carbonyl (C=O) groups is 2. The van der Waals surface area contributed by atoms with Crippen molar-refractivity contribution in [3.05, 3.63) is 35.6 Å². The van der Waals surface area contributed by atoms with E-state index in [0.717, 1.165) is 17.0 Å². The molecule has 1 fully saturated rings. The highest BCUT2D eigenvalue weighted by atomic mass is 32.1. The molecule has 1 saturated heterocycles. The molecule has 3 heterocycles. The summed E-state index contributed by atoms with van der Waals surface area (Å²) >= 11 is 1.38. The van der Waals surface area contributed by atoms with Crippen LogP contribution in [0.5, 0.6) is 0 Å². The average molecular weight is 376 g/mol. The molecule has 0 radical (unpaired) electrons. The zero-order valence-electron chi connectivity index (χ0n) is 14.5. The maximum absolute atomic E-state index is 12.8. The van der Waals surface area contributed by atoms with Gasteiger partial charge in [0.25, 0.3) is 11.8 Å². The number of thiazole rings is 1. The number of ether oxygens (including phenoxy) is 2. The molecule has 2 amide bonds. The largest absolute Gasteiger partial charge is 0.382 e. The van der Waals surface area contributed by atoms with Gasteiger partial charge in [0, 0.05) is 43.5 Å². The van der Waals surface area contributed by atoms with E-state index in [9.17, 15) is 9.59 Å². The van der Waals surface area contributed by atoms with E-state index in [4.69, 9.17) is 9.47 Å². The zero-order valence-corrected chi connectivity index (χ0v) is 15.3. The van der Waals surface area contributed by atoms with Gasteiger partial charge in [0.2, 0.25) is 0 Å². The van der Waals surface area contributed by atoms with Crippen molar-refractivity contribution >= 4 is 23.2 Å². The fourth-order valence-electron chi connectivity index (χ4n) is 2.58. The second kappa shape index (κ2) is 8.84. The number of nitrogens with zero attached hydrogens (tertiary/aromatic N) is 4. The van der Waals surface area contributed by atoms with Crippen molar-refractivity contribution in [3.63, 3.8) is 0 Å². The maximum Gasteiger partial charge on any atom is 0.291 e. The van der Waals surface area contributed by atoms with Crippen LogP contribution in [-0.2, 0) is 14.3 Å². The van der Waals surface area contributed by atoms with Crippen molar-refractivity contribution in [2.45, 2.75) is 6.42 Å². The third kappa shape index (κ3) is 4.24. The van der Waals surface area contributed by atoms with Gasteiger partial charge in [0.1, 0.15) is 17.3 Å². The minimum absolute atomic E-state index is 0.0782. The molecule has 3 rings (SSSR count). The molecule has 9 heteroatoms. The van der Waals surface area contributed by atoms with Gasteiger partial charge < -0.3 is 9.47 Å². The predicted molar refractivity (Wildman–Crippen MR) is 95.4 cm³/mol. The molecule has 1 aliphatic heterocycles. The SMILES string of the molecule is COCCOCC(=O)N1CCCN1C(=O)c1csc(-c2cccnc2)n1. The number of pyridine rings is 1. The second-order valence-corrected chi connectivity index (χ2v) is 6.48. The summed E-state index contributed by atoms with van der Waals surface area (Å²) in [5.41, 5.74) is 1.19. The van der Waals surface area contributed by atoms with Gasteiger partial charge in [0.05, 0.1) is 13.2 Å². The molecule has 26 heavy (non-hydrogen) atoms. The zero-order chi connectivity index (χ0) is 18.4. The first-order valence-electron chi connectivity index (χ1n) is 8.25. The van der Waals surface area contributed by atoms with Crippen LogP contribution in [0.1, 0.15) is 16.9 Å². The number of carbonyl (C=O) groups excluding carboxylic acids is 2. The third-order valence-electron chi connectivity index (χ3n) is 3.84. The van der Waals surface area contributed by atoms with Gasteiger partial charge >= 0.3 is 0 Å². The van der Waals surface area contributed by atoms with Crippen molar-refractivity contribution < 1.29 is 19.1 Å². The number of amides is 2. The molecular weight excluding hydrogens is 356 g/mol. The number of hydrogen-bond acceptors (Lipinski definition) is 7. The summed E-state index contributed by atoms with van der Waals surface area (Å²) in [6, 6.07) is 3.71. The summed E-state index contributed by atoms with van der Waals surface area (Å²) in [7, 11) is 1.57. The summed E-state index contributed by atoms with van der Waals surface area (Å²) in [6.07, 6.45) is 4.12. The molecule has 0 aliphatic carbocycles. The van der Waals surface area contributed by atoms with E-state index in [1.54, 1.807) is 24.9 Å². The van der Waals surface area contributed by atoms with Crippen molar-refractivity contribution in [1.82, 2.24) is 20.0 Å². The lowest BCUT2D eigenvalue weighted by Gasteiger charge is -2.27. The Morgan fingerprint density at radius 3 is 2.88 bits per heavy atom. The number of aromatic nitrogens is 2. The Morgan fingerprint density at radius 1 is 1.27 bits per heavy atom. The van der Waals surface area contributed by atoms with E-state index < -0.39 is 0 Å². The minimum atomic E-state index is -0.279. The number of methoxy groups -OCH3 is 1.